The first kappa shape index (κ1) is 19.6. The molecule has 28 heavy (non-hydrogen) atoms. The van der Waals surface area contributed by atoms with E-state index in [1.54, 1.807) is 19.2 Å². The highest BCUT2D eigenvalue weighted by atomic mass is 19.1. The van der Waals surface area contributed by atoms with Crippen LogP contribution in [0.25, 0.3) is 5.69 Å². The summed E-state index contributed by atoms with van der Waals surface area (Å²) in [4.78, 5) is 4.19. The molecule has 0 radical (unpaired) electrons. The van der Waals surface area contributed by atoms with E-state index in [2.05, 4.69) is 26.9 Å². The second-order valence-electron chi connectivity index (χ2n) is 6.57. The van der Waals surface area contributed by atoms with Crippen LogP contribution in [-0.2, 0) is 13.0 Å². The zero-order valence-electron chi connectivity index (χ0n) is 16.3. The van der Waals surface area contributed by atoms with Gasteiger partial charge in [0.15, 0.2) is 5.96 Å². The molecule has 1 aromatic heterocycles. The molecule has 0 spiro atoms. The molecular weight excluding hydrogens is 353 g/mol. The molecular formula is C22H26FN5. The molecule has 3 rings (SSSR count). The summed E-state index contributed by atoms with van der Waals surface area (Å²) in [6.07, 6.45) is 3.97. The molecule has 0 fully saturated rings. The lowest BCUT2D eigenvalue weighted by Gasteiger charge is -2.12. The molecule has 6 heteroatoms. The number of guanidine groups is 1. The average molecular weight is 379 g/mol. The number of aromatic nitrogens is 2. The zero-order chi connectivity index (χ0) is 19.8. The number of halogens is 1. The standard InChI is InChI=1S/C22H26FN5/c1-17-19(16-28(27-17)20-11-4-3-5-12-20)10-8-14-25-22(24-2)26-15-18-9-6-7-13-21(18)23/h3-7,9,11-13,16H,8,10,14-15H2,1-2H3,(H2,24,25,26). The number of aliphatic imine (C=N–C) groups is 1. The molecule has 1 heterocycles. The Morgan fingerprint density at radius 3 is 2.54 bits per heavy atom. The van der Waals surface area contributed by atoms with Crippen LogP contribution in [0.5, 0.6) is 0 Å². The van der Waals surface area contributed by atoms with E-state index in [-0.39, 0.29) is 5.82 Å². The molecule has 0 saturated heterocycles. The van der Waals surface area contributed by atoms with Gasteiger partial charge in [-0.2, -0.15) is 5.10 Å². The fraction of sp³-hybridized carbons (Fsp3) is 0.273. The Kier molecular flexibility index (Phi) is 6.78. The van der Waals surface area contributed by atoms with Crippen LogP contribution >= 0.6 is 0 Å². The maximum Gasteiger partial charge on any atom is 0.191 e. The van der Waals surface area contributed by atoms with Gasteiger partial charge in [-0.25, -0.2) is 9.07 Å². The first-order chi connectivity index (χ1) is 13.7. The zero-order valence-corrected chi connectivity index (χ0v) is 16.3. The van der Waals surface area contributed by atoms with Crippen LogP contribution < -0.4 is 10.6 Å². The summed E-state index contributed by atoms with van der Waals surface area (Å²) in [6.45, 7) is 3.21. The summed E-state index contributed by atoms with van der Waals surface area (Å²) in [6, 6.07) is 16.9. The van der Waals surface area contributed by atoms with Crippen molar-refractivity contribution in [3.8, 4) is 5.69 Å². The maximum atomic E-state index is 13.7. The van der Waals surface area contributed by atoms with Crippen molar-refractivity contribution in [1.82, 2.24) is 20.4 Å². The van der Waals surface area contributed by atoms with Gasteiger partial charge in [0.05, 0.1) is 11.4 Å². The Morgan fingerprint density at radius 2 is 1.79 bits per heavy atom. The van der Waals surface area contributed by atoms with E-state index in [1.807, 2.05) is 48.0 Å². The summed E-state index contributed by atoms with van der Waals surface area (Å²) in [7, 11) is 1.71. The smallest absolute Gasteiger partial charge is 0.191 e. The first-order valence-corrected chi connectivity index (χ1v) is 9.46. The molecule has 5 nitrogen and oxygen atoms in total. The quantitative estimate of drug-likeness (QED) is 0.375. The van der Waals surface area contributed by atoms with Gasteiger partial charge < -0.3 is 10.6 Å². The van der Waals surface area contributed by atoms with Crippen molar-refractivity contribution in [3.63, 3.8) is 0 Å². The van der Waals surface area contributed by atoms with Gasteiger partial charge in [-0.1, -0.05) is 36.4 Å². The van der Waals surface area contributed by atoms with Gasteiger partial charge in [-0.3, -0.25) is 4.99 Å². The summed E-state index contributed by atoms with van der Waals surface area (Å²) in [5.74, 6) is 0.455. The summed E-state index contributed by atoms with van der Waals surface area (Å²) >= 11 is 0. The minimum absolute atomic E-state index is 0.212. The largest absolute Gasteiger partial charge is 0.356 e. The Labute approximate surface area is 165 Å². The highest BCUT2D eigenvalue weighted by Gasteiger charge is 2.07. The molecule has 0 aliphatic heterocycles. The van der Waals surface area contributed by atoms with Crippen molar-refractivity contribution in [1.29, 1.82) is 0 Å². The van der Waals surface area contributed by atoms with Crippen LogP contribution in [0.2, 0.25) is 0 Å². The lowest BCUT2D eigenvalue weighted by molar-refractivity contribution is 0.604. The number of para-hydroxylation sites is 1. The van der Waals surface area contributed by atoms with Gasteiger partial charge in [0.2, 0.25) is 0 Å². The van der Waals surface area contributed by atoms with Gasteiger partial charge in [0.1, 0.15) is 5.82 Å². The molecule has 3 aromatic rings. The first-order valence-electron chi connectivity index (χ1n) is 9.46. The van der Waals surface area contributed by atoms with Crippen molar-refractivity contribution in [3.05, 3.63) is 83.4 Å². The van der Waals surface area contributed by atoms with Crippen LogP contribution in [0.3, 0.4) is 0 Å². The van der Waals surface area contributed by atoms with Crippen LogP contribution in [0, 0.1) is 12.7 Å². The number of hydrogen-bond acceptors (Lipinski definition) is 2. The summed E-state index contributed by atoms with van der Waals surface area (Å²) in [5, 5.41) is 11.0. The number of benzene rings is 2. The minimum atomic E-state index is -0.212. The lowest BCUT2D eigenvalue weighted by atomic mass is 10.1. The average Bonchev–Trinajstić information content (AvgIpc) is 3.10. The van der Waals surface area contributed by atoms with Crippen molar-refractivity contribution in [2.24, 2.45) is 4.99 Å². The highest BCUT2D eigenvalue weighted by molar-refractivity contribution is 5.79. The second kappa shape index (κ2) is 9.69. The molecule has 2 aromatic carbocycles. The molecule has 0 bridgehead atoms. The van der Waals surface area contributed by atoms with Gasteiger partial charge in [-0.15, -0.1) is 0 Å². The minimum Gasteiger partial charge on any atom is -0.356 e. The Morgan fingerprint density at radius 1 is 1.04 bits per heavy atom. The van der Waals surface area contributed by atoms with Crippen LogP contribution in [-0.4, -0.2) is 29.3 Å². The Bertz CT molecular complexity index is 918. The molecule has 0 unspecified atom stereocenters. The predicted octanol–water partition coefficient (Wildman–Crippen LogP) is 3.62. The van der Waals surface area contributed by atoms with Gasteiger partial charge in [-0.05, 0) is 43.5 Å². The molecule has 146 valence electrons. The third-order valence-electron chi connectivity index (χ3n) is 4.56. The molecule has 0 atom stereocenters. The number of aryl methyl sites for hydroxylation is 2. The van der Waals surface area contributed by atoms with Gasteiger partial charge in [0, 0.05) is 31.9 Å². The Balaban J connectivity index is 1.46. The van der Waals surface area contributed by atoms with Crippen LogP contribution in [0.1, 0.15) is 23.2 Å². The lowest BCUT2D eigenvalue weighted by Crippen LogP contribution is -2.37. The SMILES string of the molecule is CN=C(NCCCc1cn(-c2ccccc2)nc1C)NCc1ccccc1F. The van der Waals surface area contributed by atoms with E-state index in [0.29, 0.717) is 18.1 Å². The van der Waals surface area contributed by atoms with Gasteiger partial charge >= 0.3 is 0 Å². The van der Waals surface area contributed by atoms with Crippen molar-refractivity contribution in [2.45, 2.75) is 26.3 Å². The summed E-state index contributed by atoms with van der Waals surface area (Å²) in [5.41, 5.74) is 3.97. The van der Waals surface area contributed by atoms with Crippen LogP contribution in [0.15, 0.2) is 65.8 Å². The van der Waals surface area contributed by atoms with Crippen molar-refractivity contribution < 1.29 is 4.39 Å². The van der Waals surface area contributed by atoms with Crippen LogP contribution in [0.4, 0.5) is 4.39 Å². The van der Waals surface area contributed by atoms with Crippen molar-refractivity contribution >= 4 is 5.96 Å². The monoisotopic (exact) mass is 379 g/mol. The number of nitrogens with zero attached hydrogens (tertiary/aromatic N) is 3. The molecule has 0 aliphatic carbocycles. The fourth-order valence-corrected chi connectivity index (χ4v) is 2.98. The number of hydrogen-bond donors (Lipinski definition) is 2. The fourth-order valence-electron chi connectivity index (χ4n) is 2.98. The second-order valence-corrected chi connectivity index (χ2v) is 6.57. The number of rotatable bonds is 7. The van der Waals surface area contributed by atoms with Gasteiger partial charge in [0.25, 0.3) is 0 Å². The van der Waals surface area contributed by atoms with E-state index in [9.17, 15) is 4.39 Å². The summed E-state index contributed by atoms with van der Waals surface area (Å²) < 4.78 is 15.6. The predicted molar refractivity (Wildman–Crippen MR) is 111 cm³/mol. The normalized spacial score (nSPS) is 11.5. The topological polar surface area (TPSA) is 54.2 Å². The number of nitrogens with one attached hydrogen (secondary N) is 2. The van der Waals surface area contributed by atoms with E-state index in [0.717, 1.165) is 30.8 Å². The third-order valence-corrected chi connectivity index (χ3v) is 4.56. The maximum absolute atomic E-state index is 13.7. The Hall–Kier alpha value is -3.15. The molecule has 2 N–H and O–H groups in total. The molecule has 0 saturated carbocycles. The third kappa shape index (κ3) is 5.19. The highest BCUT2D eigenvalue weighted by Crippen LogP contribution is 2.13. The van der Waals surface area contributed by atoms with E-state index >= 15 is 0 Å². The van der Waals surface area contributed by atoms with E-state index in [1.165, 1.54) is 11.6 Å². The molecule has 0 amide bonds. The van der Waals surface area contributed by atoms with Crippen molar-refractivity contribution in [2.75, 3.05) is 13.6 Å². The molecule has 0 aliphatic rings. The van der Waals surface area contributed by atoms with E-state index in [4.69, 9.17) is 0 Å². The van der Waals surface area contributed by atoms with E-state index < -0.39 is 0 Å².